The summed E-state index contributed by atoms with van der Waals surface area (Å²) >= 11 is 0. The molecule has 0 aliphatic carbocycles. The molecule has 0 saturated heterocycles. The Kier molecular flexibility index (Phi) is 4.62. The number of aromatic amines is 2. The zero-order valence-corrected chi connectivity index (χ0v) is 18.2. The summed E-state index contributed by atoms with van der Waals surface area (Å²) in [4.78, 5) is 28.2. The summed E-state index contributed by atoms with van der Waals surface area (Å²) in [7, 11) is 0. The van der Waals surface area contributed by atoms with E-state index in [0.717, 1.165) is 50.1 Å². The van der Waals surface area contributed by atoms with Gasteiger partial charge in [-0.2, -0.15) is 5.10 Å². The largest absolute Gasteiger partial charge is 0.353 e. The number of carbonyl (C=O) groups is 1. The standard InChI is InChI=1S/C26H19N7O/c1-15(34)30-18-9-16(12-27-14-18)17-10-21-25(32-33-26(21)29-13-17)24-11-20-19(5-4-7-23(20)31-24)22-6-2-3-8-28-22/h2-14,31H,1H3,(H,30,34)(H,29,32,33). The van der Waals surface area contributed by atoms with E-state index in [9.17, 15) is 4.79 Å². The van der Waals surface area contributed by atoms with Gasteiger partial charge in [0.15, 0.2) is 5.65 Å². The second kappa shape index (κ2) is 7.93. The minimum atomic E-state index is -0.145. The molecule has 0 saturated carbocycles. The highest BCUT2D eigenvalue weighted by Crippen LogP contribution is 2.34. The van der Waals surface area contributed by atoms with Crippen LogP contribution in [-0.2, 0) is 4.79 Å². The van der Waals surface area contributed by atoms with Crippen LogP contribution in [0.3, 0.4) is 0 Å². The molecule has 8 nitrogen and oxygen atoms in total. The van der Waals surface area contributed by atoms with E-state index in [4.69, 9.17) is 0 Å². The van der Waals surface area contributed by atoms with Gasteiger partial charge in [-0.05, 0) is 36.4 Å². The fourth-order valence-corrected chi connectivity index (χ4v) is 4.17. The van der Waals surface area contributed by atoms with Crippen LogP contribution in [0.15, 0.2) is 79.4 Å². The van der Waals surface area contributed by atoms with Gasteiger partial charge in [0.1, 0.15) is 0 Å². The highest BCUT2D eigenvalue weighted by Gasteiger charge is 2.15. The molecule has 5 aromatic heterocycles. The monoisotopic (exact) mass is 445 g/mol. The first-order valence-corrected chi connectivity index (χ1v) is 10.8. The van der Waals surface area contributed by atoms with Gasteiger partial charge in [0.2, 0.25) is 5.91 Å². The van der Waals surface area contributed by atoms with Crippen molar-refractivity contribution in [1.82, 2.24) is 30.1 Å². The van der Waals surface area contributed by atoms with Gasteiger partial charge >= 0.3 is 0 Å². The molecule has 0 spiro atoms. The Bertz CT molecular complexity index is 1670. The molecule has 1 aromatic carbocycles. The number of hydrogen-bond acceptors (Lipinski definition) is 5. The Hall–Kier alpha value is -4.85. The molecule has 0 bridgehead atoms. The molecule has 8 heteroatoms. The molecule has 5 heterocycles. The fraction of sp³-hybridized carbons (Fsp3) is 0.0385. The zero-order chi connectivity index (χ0) is 23.1. The number of pyridine rings is 3. The van der Waals surface area contributed by atoms with Crippen LogP contribution in [0.25, 0.3) is 55.7 Å². The molecular formula is C26H19N7O. The predicted molar refractivity (Wildman–Crippen MR) is 132 cm³/mol. The van der Waals surface area contributed by atoms with E-state index in [1.807, 2.05) is 42.5 Å². The van der Waals surface area contributed by atoms with Crippen molar-refractivity contribution in [3.05, 3.63) is 79.4 Å². The normalized spacial score (nSPS) is 11.2. The number of benzene rings is 1. The van der Waals surface area contributed by atoms with Gasteiger partial charge in [0.25, 0.3) is 0 Å². The van der Waals surface area contributed by atoms with E-state index >= 15 is 0 Å². The smallest absolute Gasteiger partial charge is 0.221 e. The van der Waals surface area contributed by atoms with E-state index in [-0.39, 0.29) is 5.91 Å². The maximum atomic E-state index is 11.4. The summed E-state index contributed by atoms with van der Waals surface area (Å²) in [5, 5.41) is 12.3. The van der Waals surface area contributed by atoms with Gasteiger partial charge < -0.3 is 10.3 Å². The number of amides is 1. The van der Waals surface area contributed by atoms with Crippen LogP contribution in [0.5, 0.6) is 0 Å². The average molecular weight is 445 g/mol. The summed E-state index contributed by atoms with van der Waals surface area (Å²) in [6.45, 7) is 1.47. The summed E-state index contributed by atoms with van der Waals surface area (Å²) < 4.78 is 0. The maximum absolute atomic E-state index is 11.4. The number of aromatic nitrogens is 6. The van der Waals surface area contributed by atoms with E-state index < -0.39 is 0 Å². The minimum Gasteiger partial charge on any atom is -0.353 e. The first-order valence-electron chi connectivity index (χ1n) is 10.8. The Morgan fingerprint density at radius 1 is 0.912 bits per heavy atom. The molecule has 3 N–H and O–H groups in total. The number of anilines is 1. The lowest BCUT2D eigenvalue weighted by Crippen LogP contribution is -2.05. The topological polar surface area (TPSA) is 112 Å². The molecule has 0 atom stereocenters. The van der Waals surface area contributed by atoms with E-state index in [0.29, 0.717) is 11.3 Å². The van der Waals surface area contributed by atoms with Crippen LogP contribution in [-0.4, -0.2) is 36.0 Å². The average Bonchev–Trinajstić information content (AvgIpc) is 3.48. The third-order valence-electron chi connectivity index (χ3n) is 5.68. The number of nitrogens with one attached hydrogen (secondary N) is 3. The van der Waals surface area contributed by atoms with Crippen LogP contribution in [0.2, 0.25) is 0 Å². The molecule has 0 fully saturated rings. The Balaban J connectivity index is 1.46. The van der Waals surface area contributed by atoms with Gasteiger partial charge in [-0.15, -0.1) is 0 Å². The van der Waals surface area contributed by atoms with Crippen LogP contribution in [0.4, 0.5) is 5.69 Å². The molecule has 0 unspecified atom stereocenters. The predicted octanol–water partition coefficient (Wildman–Crippen LogP) is 5.19. The van der Waals surface area contributed by atoms with E-state index in [1.54, 1.807) is 24.8 Å². The number of rotatable bonds is 4. The van der Waals surface area contributed by atoms with Crippen molar-refractivity contribution in [2.45, 2.75) is 6.92 Å². The molecule has 34 heavy (non-hydrogen) atoms. The highest BCUT2D eigenvalue weighted by atomic mass is 16.1. The summed E-state index contributed by atoms with van der Waals surface area (Å²) in [6, 6.07) is 18.1. The quantitative estimate of drug-likeness (QED) is 0.346. The number of fused-ring (bicyclic) bond motifs is 2. The van der Waals surface area contributed by atoms with Crippen molar-refractivity contribution in [1.29, 1.82) is 0 Å². The highest BCUT2D eigenvalue weighted by molar-refractivity contribution is 6.00. The summed E-state index contributed by atoms with van der Waals surface area (Å²) in [6.07, 6.45) is 6.92. The van der Waals surface area contributed by atoms with Gasteiger partial charge in [0, 0.05) is 58.5 Å². The van der Waals surface area contributed by atoms with Crippen LogP contribution in [0.1, 0.15) is 6.92 Å². The molecular weight excluding hydrogens is 426 g/mol. The Morgan fingerprint density at radius 2 is 1.82 bits per heavy atom. The van der Waals surface area contributed by atoms with E-state index in [2.05, 4.69) is 47.6 Å². The van der Waals surface area contributed by atoms with Crippen molar-refractivity contribution in [2.24, 2.45) is 0 Å². The summed E-state index contributed by atoms with van der Waals surface area (Å²) in [5.41, 5.74) is 7.72. The van der Waals surface area contributed by atoms with Crippen molar-refractivity contribution in [2.75, 3.05) is 5.32 Å². The van der Waals surface area contributed by atoms with Gasteiger partial charge in [0.05, 0.1) is 29.0 Å². The van der Waals surface area contributed by atoms with Gasteiger partial charge in [-0.3, -0.25) is 19.9 Å². The lowest BCUT2D eigenvalue weighted by molar-refractivity contribution is -0.114. The number of H-pyrrole nitrogens is 2. The summed E-state index contributed by atoms with van der Waals surface area (Å²) in [5.74, 6) is -0.145. The van der Waals surface area contributed by atoms with Crippen LogP contribution in [0, 0.1) is 0 Å². The van der Waals surface area contributed by atoms with E-state index in [1.165, 1.54) is 6.92 Å². The molecule has 0 aliphatic rings. The molecule has 6 rings (SSSR count). The lowest BCUT2D eigenvalue weighted by atomic mass is 10.1. The third kappa shape index (κ3) is 3.47. The minimum absolute atomic E-state index is 0.145. The van der Waals surface area contributed by atoms with Gasteiger partial charge in [-0.1, -0.05) is 18.2 Å². The maximum Gasteiger partial charge on any atom is 0.221 e. The van der Waals surface area contributed by atoms with Crippen molar-refractivity contribution < 1.29 is 4.79 Å². The van der Waals surface area contributed by atoms with Gasteiger partial charge in [-0.25, -0.2) is 4.98 Å². The molecule has 1 amide bonds. The molecule has 0 aliphatic heterocycles. The zero-order valence-electron chi connectivity index (χ0n) is 18.2. The number of carbonyl (C=O) groups excluding carboxylic acids is 1. The second-order valence-corrected chi connectivity index (χ2v) is 8.00. The van der Waals surface area contributed by atoms with Crippen molar-refractivity contribution in [3.63, 3.8) is 0 Å². The lowest BCUT2D eigenvalue weighted by Gasteiger charge is -2.05. The Labute approximate surface area is 194 Å². The van der Waals surface area contributed by atoms with Crippen LogP contribution >= 0.6 is 0 Å². The van der Waals surface area contributed by atoms with Crippen molar-refractivity contribution >= 4 is 33.5 Å². The van der Waals surface area contributed by atoms with Crippen LogP contribution < -0.4 is 5.32 Å². The fourth-order valence-electron chi connectivity index (χ4n) is 4.17. The molecule has 6 aromatic rings. The SMILES string of the molecule is CC(=O)Nc1cncc(-c2cnc3n[nH]c(-c4cc5c(-c6ccccn6)cccc5[nH]4)c3c2)c1. The van der Waals surface area contributed by atoms with Crippen molar-refractivity contribution in [3.8, 4) is 33.8 Å². The first kappa shape index (κ1) is 19.8. The molecule has 0 radical (unpaired) electrons. The number of nitrogens with zero attached hydrogens (tertiary/aromatic N) is 4. The second-order valence-electron chi connectivity index (χ2n) is 8.00. The third-order valence-corrected chi connectivity index (χ3v) is 5.68. The molecule has 164 valence electrons. The first-order chi connectivity index (χ1) is 16.7. The number of hydrogen-bond donors (Lipinski definition) is 3. The Morgan fingerprint density at radius 3 is 2.68 bits per heavy atom.